The summed E-state index contributed by atoms with van der Waals surface area (Å²) in [4.78, 5) is 31.3. The first-order chi connectivity index (χ1) is 17.3. The first-order valence-corrected chi connectivity index (χ1v) is 12.6. The average molecular weight is 560 g/mol. The molecule has 10 heteroatoms. The van der Waals surface area contributed by atoms with E-state index >= 15 is 0 Å². The minimum atomic E-state index is -0.715. The zero-order valence-electron chi connectivity index (χ0n) is 18.9. The lowest BCUT2D eigenvalue weighted by molar-refractivity contribution is -0.136. The monoisotopic (exact) mass is 558 g/mol. The SMILES string of the molecule is COC(=O)C1=C(C)N=c2s/c(=C/c3ccc(-c4ccc(Cl)cc4Cl)o3)c(=O)n2[C@@H]1c1ccc(Cl)cc1. The van der Waals surface area contributed by atoms with Crippen LogP contribution >= 0.6 is 46.1 Å². The van der Waals surface area contributed by atoms with E-state index in [1.54, 1.807) is 67.6 Å². The van der Waals surface area contributed by atoms with E-state index in [2.05, 4.69) is 4.99 Å². The van der Waals surface area contributed by atoms with E-state index in [0.29, 0.717) is 52.7 Å². The molecule has 2 aromatic heterocycles. The molecular formula is C26H17Cl3N2O4S. The van der Waals surface area contributed by atoms with Crippen molar-refractivity contribution in [3.05, 3.63) is 112 Å². The number of benzene rings is 2. The number of aromatic nitrogens is 1. The van der Waals surface area contributed by atoms with E-state index in [1.807, 2.05) is 0 Å². The summed E-state index contributed by atoms with van der Waals surface area (Å²) in [7, 11) is 1.30. The zero-order chi connectivity index (χ0) is 25.6. The first kappa shape index (κ1) is 24.6. The largest absolute Gasteiger partial charge is 0.466 e. The normalized spacial score (nSPS) is 15.6. The second-order valence-corrected chi connectivity index (χ2v) is 10.2. The van der Waals surface area contributed by atoms with Crippen molar-refractivity contribution in [2.75, 3.05) is 7.11 Å². The number of ether oxygens (including phenoxy) is 1. The molecule has 0 radical (unpaired) electrons. The van der Waals surface area contributed by atoms with Crippen molar-refractivity contribution in [1.82, 2.24) is 4.57 Å². The van der Waals surface area contributed by atoms with Gasteiger partial charge in [-0.2, -0.15) is 0 Å². The standard InChI is InChI=1S/C26H17Cl3N2O4S/c1-13-22(25(33)34-2)23(14-3-5-15(27)6-4-14)31-24(32)21(36-26(31)30-13)12-17-8-10-20(35-17)18-9-7-16(28)11-19(18)29/h3-12,23H,1-2H3/b21-12+/t23-/m1/s1. The zero-order valence-corrected chi connectivity index (χ0v) is 22.0. The number of hydrogen-bond acceptors (Lipinski definition) is 6. The third kappa shape index (κ3) is 4.44. The predicted octanol–water partition coefficient (Wildman–Crippen LogP) is 5.63. The van der Waals surface area contributed by atoms with E-state index < -0.39 is 12.0 Å². The van der Waals surface area contributed by atoms with Crippen molar-refractivity contribution in [3.8, 4) is 11.3 Å². The molecule has 0 N–H and O–H groups in total. The van der Waals surface area contributed by atoms with Gasteiger partial charge in [0.05, 0.1) is 34.0 Å². The topological polar surface area (TPSA) is 73.8 Å². The number of carbonyl (C=O) groups excluding carboxylic acids is 1. The highest BCUT2D eigenvalue weighted by molar-refractivity contribution is 7.07. The molecule has 0 spiro atoms. The minimum absolute atomic E-state index is 0.288. The summed E-state index contributed by atoms with van der Waals surface area (Å²) in [6, 6.07) is 14.9. The van der Waals surface area contributed by atoms with E-state index in [9.17, 15) is 9.59 Å². The predicted molar refractivity (Wildman–Crippen MR) is 141 cm³/mol. The highest BCUT2D eigenvalue weighted by Gasteiger charge is 2.33. The highest BCUT2D eigenvalue weighted by Crippen LogP contribution is 2.33. The molecule has 36 heavy (non-hydrogen) atoms. The molecule has 4 aromatic rings. The van der Waals surface area contributed by atoms with Gasteiger partial charge in [0.1, 0.15) is 11.5 Å². The number of carbonyl (C=O) groups is 1. The molecule has 6 nitrogen and oxygen atoms in total. The van der Waals surface area contributed by atoms with Crippen LogP contribution in [0.15, 0.2) is 80.1 Å². The fraction of sp³-hybridized carbons (Fsp3) is 0.115. The quantitative estimate of drug-likeness (QED) is 0.304. The van der Waals surface area contributed by atoms with Gasteiger partial charge in [-0.05, 0) is 55.0 Å². The van der Waals surface area contributed by atoms with Crippen molar-refractivity contribution >= 4 is 58.2 Å². The summed E-state index contributed by atoms with van der Waals surface area (Å²) < 4.78 is 12.9. The highest BCUT2D eigenvalue weighted by atomic mass is 35.5. The summed E-state index contributed by atoms with van der Waals surface area (Å²) in [5.74, 6) is 0.452. The Morgan fingerprint density at radius 3 is 2.50 bits per heavy atom. The molecule has 0 saturated heterocycles. The van der Waals surface area contributed by atoms with Crippen LogP contribution in [0, 0.1) is 0 Å². The van der Waals surface area contributed by atoms with Gasteiger partial charge in [-0.15, -0.1) is 0 Å². The van der Waals surface area contributed by atoms with Crippen LogP contribution in [-0.2, 0) is 9.53 Å². The maximum absolute atomic E-state index is 13.6. The van der Waals surface area contributed by atoms with Gasteiger partial charge in [-0.1, -0.05) is 58.3 Å². The molecule has 1 atom stereocenters. The van der Waals surface area contributed by atoms with Crippen molar-refractivity contribution in [2.24, 2.45) is 4.99 Å². The molecule has 0 bridgehead atoms. The van der Waals surface area contributed by atoms with Gasteiger partial charge in [0.2, 0.25) is 0 Å². The van der Waals surface area contributed by atoms with E-state index in [1.165, 1.54) is 23.0 Å². The number of nitrogens with zero attached hydrogens (tertiary/aromatic N) is 2. The summed E-state index contributed by atoms with van der Waals surface area (Å²) in [5.41, 5.74) is 1.85. The molecule has 5 rings (SSSR count). The molecule has 1 aliphatic heterocycles. The van der Waals surface area contributed by atoms with Gasteiger partial charge >= 0.3 is 5.97 Å². The third-order valence-corrected chi connectivity index (χ3v) is 7.49. The lowest BCUT2D eigenvalue weighted by Gasteiger charge is -2.24. The second kappa shape index (κ2) is 9.75. The van der Waals surface area contributed by atoms with Crippen LogP contribution < -0.4 is 14.9 Å². The lowest BCUT2D eigenvalue weighted by Crippen LogP contribution is -2.39. The maximum atomic E-state index is 13.6. The maximum Gasteiger partial charge on any atom is 0.338 e. The fourth-order valence-electron chi connectivity index (χ4n) is 4.05. The summed E-state index contributed by atoms with van der Waals surface area (Å²) in [6.45, 7) is 1.72. The van der Waals surface area contributed by atoms with Gasteiger partial charge in [0, 0.05) is 21.7 Å². The van der Waals surface area contributed by atoms with E-state index in [-0.39, 0.29) is 11.1 Å². The Hall–Kier alpha value is -3.10. The molecule has 0 amide bonds. The molecule has 1 aliphatic rings. The van der Waals surface area contributed by atoms with E-state index in [4.69, 9.17) is 44.0 Å². The Kier molecular flexibility index (Phi) is 6.66. The summed E-state index contributed by atoms with van der Waals surface area (Å²) >= 11 is 19.6. The van der Waals surface area contributed by atoms with Crippen LogP contribution in [0.3, 0.4) is 0 Å². The van der Waals surface area contributed by atoms with Gasteiger partial charge in [-0.3, -0.25) is 9.36 Å². The molecule has 0 saturated carbocycles. The Labute approximate surface area is 224 Å². The van der Waals surface area contributed by atoms with Crippen molar-refractivity contribution in [1.29, 1.82) is 0 Å². The van der Waals surface area contributed by atoms with Crippen molar-refractivity contribution in [3.63, 3.8) is 0 Å². The average Bonchev–Trinajstić information content (AvgIpc) is 3.43. The lowest BCUT2D eigenvalue weighted by atomic mass is 9.96. The summed E-state index contributed by atoms with van der Waals surface area (Å²) in [6.07, 6.45) is 1.65. The fourth-order valence-corrected chi connectivity index (χ4v) is 5.70. The minimum Gasteiger partial charge on any atom is -0.466 e. The van der Waals surface area contributed by atoms with Crippen LogP contribution in [0.5, 0.6) is 0 Å². The van der Waals surface area contributed by atoms with Crippen LogP contribution in [0.1, 0.15) is 24.3 Å². The number of furan rings is 1. The second-order valence-electron chi connectivity index (χ2n) is 7.95. The summed E-state index contributed by atoms with van der Waals surface area (Å²) in [5, 5.41) is 1.52. The van der Waals surface area contributed by atoms with Crippen molar-refractivity contribution < 1.29 is 13.9 Å². The smallest absolute Gasteiger partial charge is 0.338 e. The molecule has 0 aliphatic carbocycles. The molecule has 2 aromatic carbocycles. The molecule has 0 fully saturated rings. The van der Waals surface area contributed by atoms with Crippen LogP contribution in [0.4, 0.5) is 0 Å². The number of methoxy groups -OCH3 is 1. The van der Waals surface area contributed by atoms with Crippen molar-refractivity contribution in [2.45, 2.75) is 13.0 Å². The first-order valence-electron chi connectivity index (χ1n) is 10.7. The number of allylic oxidation sites excluding steroid dienone is 1. The number of rotatable bonds is 4. The number of fused-ring (bicyclic) bond motifs is 1. The van der Waals surface area contributed by atoms with Gasteiger partial charge in [0.25, 0.3) is 5.56 Å². The van der Waals surface area contributed by atoms with Crippen LogP contribution in [0.2, 0.25) is 15.1 Å². The number of thiazole rings is 1. The van der Waals surface area contributed by atoms with E-state index in [0.717, 1.165) is 0 Å². The molecular weight excluding hydrogens is 543 g/mol. The number of esters is 1. The Bertz CT molecular complexity index is 1710. The van der Waals surface area contributed by atoms with Crippen LogP contribution in [0.25, 0.3) is 17.4 Å². The molecule has 3 heterocycles. The Morgan fingerprint density at radius 1 is 1.08 bits per heavy atom. The van der Waals surface area contributed by atoms with Crippen LogP contribution in [-0.4, -0.2) is 17.6 Å². The van der Waals surface area contributed by atoms with Gasteiger partial charge < -0.3 is 9.15 Å². The third-order valence-electron chi connectivity index (χ3n) is 5.71. The Morgan fingerprint density at radius 2 is 1.81 bits per heavy atom. The number of hydrogen-bond donors (Lipinski definition) is 0. The van der Waals surface area contributed by atoms with Gasteiger partial charge in [0.15, 0.2) is 4.80 Å². The van der Waals surface area contributed by atoms with Gasteiger partial charge in [-0.25, -0.2) is 9.79 Å². The number of halogens is 3. The molecule has 0 unspecified atom stereocenters. The Balaban J connectivity index is 1.64. The molecule has 182 valence electrons.